The second-order valence-corrected chi connectivity index (χ2v) is 4.98. The third kappa shape index (κ3) is 3.13. The van der Waals surface area contributed by atoms with E-state index in [0.29, 0.717) is 11.3 Å². The van der Waals surface area contributed by atoms with Gasteiger partial charge in [-0.25, -0.2) is 0 Å². The summed E-state index contributed by atoms with van der Waals surface area (Å²) >= 11 is 1.91. The molecule has 1 fully saturated rings. The van der Waals surface area contributed by atoms with E-state index in [1.165, 1.54) is 19.3 Å². The lowest BCUT2D eigenvalue weighted by Gasteiger charge is -2.40. The topological polar surface area (TPSA) is 52.5 Å². The molecule has 78 valence electrons. The third-order valence-corrected chi connectivity index (χ3v) is 4.15. The monoisotopic (exact) mass is 205 g/mol. The van der Waals surface area contributed by atoms with Crippen molar-refractivity contribution >= 4 is 11.8 Å². The van der Waals surface area contributed by atoms with Gasteiger partial charge in [-0.15, -0.1) is 0 Å². The van der Waals surface area contributed by atoms with E-state index in [-0.39, 0.29) is 6.61 Å². The van der Waals surface area contributed by atoms with Crippen LogP contribution < -0.4 is 5.32 Å². The van der Waals surface area contributed by atoms with Gasteiger partial charge in [0.1, 0.15) is 0 Å². The Morgan fingerprint density at radius 1 is 1.54 bits per heavy atom. The molecule has 0 radical (unpaired) electrons. The van der Waals surface area contributed by atoms with E-state index in [4.69, 9.17) is 10.2 Å². The van der Waals surface area contributed by atoms with E-state index < -0.39 is 6.10 Å². The van der Waals surface area contributed by atoms with Gasteiger partial charge in [0, 0.05) is 17.8 Å². The summed E-state index contributed by atoms with van der Waals surface area (Å²) in [5.41, 5.74) is 0. The SMILES string of the molecule is CSC1(CNC[C@H](O)CO)CCC1. The molecule has 3 N–H and O–H groups in total. The second-order valence-electron chi connectivity index (χ2n) is 3.71. The molecule has 0 unspecified atom stereocenters. The number of aliphatic hydroxyl groups is 2. The smallest absolute Gasteiger partial charge is 0.0894 e. The minimum atomic E-state index is -0.612. The van der Waals surface area contributed by atoms with E-state index in [9.17, 15) is 0 Å². The summed E-state index contributed by atoms with van der Waals surface area (Å²) in [6.45, 7) is 1.29. The van der Waals surface area contributed by atoms with Crippen molar-refractivity contribution in [1.82, 2.24) is 5.32 Å². The Labute approximate surface area is 83.9 Å². The molecule has 4 heteroatoms. The highest BCUT2D eigenvalue weighted by Crippen LogP contribution is 2.42. The van der Waals surface area contributed by atoms with Crippen LogP contribution in [-0.2, 0) is 0 Å². The van der Waals surface area contributed by atoms with E-state index in [1.807, 2.05) is 11.8 Å². The van der Waals surface area contributed by atoms with Gasteiger partial charge in [-0.05, 0) is 19.1 Å². The quantitative estimate of drug-likeness (QED) is 0.580. The molecule has 0 aromatic carbocycles. The molecule has 0 heterocycles. The summed E-state index contributed by atoms with van der Waals surface area (Å²) in [5, 5.41) is 20.9. The van der Waals surface area contributed by atoms with Crippen molar-refractivity contribution in [3.8, 4) is 0 Å². The molecule has 3 nitrogen and oxygen atoms in total. The molecule has 0 bridgehead atoms. The van der Waals surface area contributed by atoms with Crippen molar-refractivity contribution in [2.24, 2.45) is 0 Å². The molecule has 1 atom stereocenters. The molecule has 1 aliphatic carbocycles. The van der Waals surface area contributed by atoms with Crippen LogP contribution in [0.2, 0.25) is 0 Å². The molecule has 0 aromatic rings. The Balaban J connectivity index is 2.10. The molecular formula is C9H19NO2S. The standard InChI is InChI=1S/C9H19NO2S/c1-13-9(3-2-4-9)7-10-5-8(12)6-11/h8,10-12H,2-7H2,1H3/t8-/m0/s1. The van der Waals surface area contributed by atoms with Crippen LogP contribution in [0.25, 0.3) is 0 Å². The zero-order valence-corrected chi connectivity index (χ0v) is 8.94. The summed E-state index contributed by atoms with van der Waals surface area (Å²) in [7, 11) is 0. The number of thioether (sulfide) groups is 1. The van der Waals surface area contributed by atoms with Crippen molar-refractivity contribution in [1.29, 1.82) is 0 Å². The minimum Gasteiger partial charge on any atom is -0.394 e. The van der Waals surface area contributed by atoms with Crippen molar-refractivity contribution in [2.75, 3.05) is 26.0 Å². The summed E-state index contributed by atoms with van der Waals surface area (Å²) in [6, 6.07) is 0. The van der Waals surface area contributed by atoms with E-state index in [0.717, 1.165) is 6.54 Å². The summed E-state index contributed by atoms with van der Waals surface area (Å²) < 4.78 is 0.412. The first-order valence-corrected chi connectivity index (χ1v) is 6.00. The molecule has 1 saturated carbocycles. The molecule has 1 aliphatic rings. The predicted octanol–water partition coefficient (Wildman–Crippen LogP) is 0.215. The minimum absolute atomic E-state index is 0.154. The Hall–Kier alpha value is 0.230. The van der Waals surface area contributed by atoms with Crippen LogP contribution in [0.1, 0.15) is 19.3 Å². The van der Waals surface area contributed by atoms with Gasteiger partial charge >= 0.3 is 0 Å². The predicted molar refractivity (Wildman–Crippen MR) is 56.1 cm³/mol. The molecule has 0 spiro atoms. The third-order valence-electron chi connectivity index (χ3n) is 2.74. The first-order valence-electron chi connectivity index (χ1n) is 4.77. The second kappa shape index (κ2) is 5.20. The van der Waals surface area contributed by atoms with Crippen LogP contribution >= 0.6 is 11.8 Å². The van der Waals surface area contributed by atoms with Crippen molar-refractivity contribution in [2.45, 2.75) is 30.1 Å². The molecular weight excluding hydrogens is 186 g/mol. The first kappa shape index (κ1) is 11.3. The highest BCUT2D eigenvalue weighted by atomic mass is 32.2. The molecule has 0 aromatic heterocycles. The summed E-state index contributed by atoms with van der Waals surface area (Å²) in [6.07, 6.45) is 5.40. The van der Waals surface area contributed by atoms with Crippen LogP contribution in [0.3, 0.4) is 0 Å². The average Bonchev–Trinajstić information content (AvgIpc) is 2.09. The van der Waals surface area contributed by atoms with Gasteiger partial charge in [0.2, 0.25) is 0 Å². The molecule has 0 saturated heterocycles. The Morgan fingerprint density at radius 3 is 2.62 bits per heavy atom. The number of nitrogens with one attached hydrogen (secondary N) is 1. The van der Waals surface area contributed by atoms with Gasteiger partial charge in [0.25, 0.3) is 0 Å². The number of hydrogen-bond acceptors (Lipinski definition) is 4. The molecule has 1 rings (SSSR count). The van der Waals surface area contributed by atoms with Crippen molar-refractivity contribution < 1.29 is 10.2 Å². The lowest BCUT2D eigenvalue weighted by molar-refractivity contribution is 0.0931. The fraction of sp³-hybridized carbons (Fsp3) is 1.00. The maximum atomic E-state index is 9.10. The maximum Gasteiger partial charge on any atom is 0.0894 e. The van der Waals surface area contributed by atoms with E-state index >= 15 is 0 Å². The zero-order valence-electron chi connectivity index (χ0n) is 8.12. The fourth-order valence-corrected chi connectivity index (χ4v) is 2.50. The Bertz CT molecular complexity index is 145. The van der Waals surface area contributed by atoms with Gasteiger partial charge < -0.3 is 15.5 Å². The maximum absolute atomic E-state index is 9.10. The normalized spacial score (nSPS) is 22.4. The van der Waals surface area contributed by atoms with E-state index in [2.05, 4.69) is 11.6 Å². The Kier molecular flexibility index (Phi) is 4.52. The van der Waals surface area contributed by atoms with Crippen LogP contribution in [0.15, 0.2) is 0 Å². The number of hydrogen-bond donors (Lipinski definition) is 3. The van der Waals surface area contributed by atoms with Gasteiger partial charge in [-0.3, -0.25) is 0 Å². The lowest BCUT2D eigenvalue weighted by atomic mass is 9.84. The van der Waals surface area contributed by atoms with Gasteiger partial charge in [-0.2, -0.15) is 11.8 Å². The fourth-order valence-electron chi connectivity index (χ4n) is 1.56. The van der Waals surface area contributed by atoms with Crippen molar-refractivity contribution in [3.63, 3.8) is 0 Å². The first-order chi connectivity index (χ1) is 6.22. The largest absolute Gasteiger partial charge is 0.394 e. The van der Waals surface area contributed by atoms with Crippen molar-refractivity contribution in [3.05, 3.63) is 0 Å². The molecule has 13 heavy (non-hydrogen) atoms. The van der Waals surface area contributed by atoms with Crippen LogP contribution in [0.5, 0.6) is 0 Å². The number of rotatable bonds is 6. The molecule has 0 amide bonds. The van der Waals surface area contributed by atoms with Crippen LogP contribution in [0, 0.1) is 0 Å². The van der Waals surface area contributed by atoms with Crippen LogP contribution in [-0.4, -0.2) is 47.0 Å². The Morgan fingerprint density at radius 2 is 2.23 bits per heavy atom. The molecule has 0 aliphatic heterocycles. The summed E-state index contributed by atoms with van der Waals surface area (Å²) in [4.78, 5) is 0. The zero-order chi connectivity index (χ0) is 9.73. The van der Waals surface area contributed by atoms with Crippen LogP contribution in [0.4, 0.5) is 0 Å². The van der Waals surface area contributed by atoms with E-state index in [1.54, 1.807) is 0 Å². The number of aliphatic hydroxyl groups excluding tert-OH is 2. The highest BCUT2D eigenvalue weighted by Gasteiger charge is 2.35. The average molecular weight is 205 g/mol. The summed E-state index contributed by atoms with van der Waals surface area (Å²) in [5.74, 6) is 0. The van der Waals surface area contributed by atoms with Gasteiger partial charge in [0.15, 0.2) is 0 Å². The van der Waals surface area contributed by atoms with Gasteiger partial charge in [-0.1, -0.05) is 6.42 Å². The van der Waals surface area contributed by atoms with Gasteiger partial charge in [0.05, 0.1) is 12.7 Å². The highest BCUT2D eigenvalue weighted by molar-refractivity contribution is 8.00. The lowest BCUT2D eigenvalue weighted by Crippen LogP contribution is -2.45.